The third kappa shape index (κ3) is 6.91. The van der Waals surface area contributed by atoms with Crippen molar-refractivity contribution in [3.63, 3.8) is 0 Å². The van der Waals surface area contributed by atoms with Gasteiger partial charge in [-0.1, -0.05) is 0 Å². The van der Waals surface area contributed by atoms with Crippen LogP contribution >= 0.6 is 22.7 Å². The summed E-state index contributed by atoms with van der Waals surface area (Å²) in [4.78, 5) is 33.9. The van der Waals surface area contributed by atoms with Gasteiger partial charge in [0.05, 0.1) is 35.6 Å². The van der Waals surface area contributed by atoms with E-state index in [1.165, 1.54) is 0 Å². The molecule has 2 aromatic heterocycles. The normalized spacial score (nSPS) is 10.6. The van der Waals surface area contributed by atoms with Crippen LogP contribution in [0.1, 0.15) is 40.4 Å². The highest BCUT2D eigenvalue weighted by atomic mass is 32.1. The summed E-state index contributed by atoms with van der Waals surface area (Å²) in [6.45, 7) is 4.58. The van der Waals surface area contributed by atoms with Crippen molar-refractivity contribution in [2.24, 2.45) is 0 Å². The third-order valence-corrected chi connectivity index (χ3v) is 5.63. The summed E-state index contributed by atoms with van der Waals surface area (Å²) in [6.07, 6.45) is 2.26. The predicted octanol–water partition coefficient (Wildman–Crippen LogP) is 3.26. The Labute approximate surface area is 155 Å². The van der Waals surface area contributed by atoms with Crippen molar-refractivity contribution in [3.05, 3.63) is 32.2 Å². The van der Waals surface area contributed by atoms with E-state index in [0.717, 1.165) is 21.1 Å². The van der Waals surface area contributed by atoms with Crippen LogP contribution in [0.15, 0.2) is 11.0 Å². The Kier molecular flexibility index (Phi) is 8.00. The second-order valence-electron chi connectivity index (χ2n) is 5.52. The van der Waals surface area contributed by atoms with Gasteiger partial charge >= 0.3 is 11.9 Å². The average Bonchev–Trinajstić information content (AvgIpc) is 3.16. The molecule has 136 valence electrons. The van der Waals surface area contributed by atoms with Crippen LogP contribution < -0.4 is 0 Å². The fourth-order valence-corrected chi connectivity index (χ4v) is 3.69. The van der Waals surface area contributed by atoms with E-state index in [0.29, 0.717) is 32.5 Å². The van der Waals surface area contributed by atoms with Crippen molar-refractivity contribution >= 4 is 34.6 Å². The lowest BCUT2D eigenvalue weighted by Gasteiger charge is -2.05. The number of hydrogen-bond acceptors (Lipinski definition) is 8. The minimum Gasteiger partial charge on any atom is -0.465 e. The first-order valence-electron chi connectivity index (χ1n) is 8.15. The largest absolute Gasteiger partial charge is 0.465 e. The van der Waals surface area contributed by atoms with Crippen molar-refractivity contribution < 1.29 is 19.1 Å². The third-order valence-electron chi connectivity index (χ3n) is 3.64. The smallest absolute Gasteiger partial charge is 0.305 e. The molecule has 6 nitrogen and oxygen atoms in total. The first-order chi connectivity index (χ1) is 12.1. The lowest BCUT2D eigenvalue weighted by atomic mass is 10.2. The Hall–Kier alpha value is -1.80. The Balaban J connectivity index is 1.51. The van der Waals surface area contributed by atoms with Crippen LogP contribution in [-0.4, -0.2) is 35.1 Å². The Morgan fingerprint density at radius 2 is 1.32 bits per heavy atom. The summed E-state index contributed by atoms with van der Waals surface area (Å²) in [5.41, 5.74) is 5.54. The molecule has 0 saturated carbocycles. The lowest BCUT2D eigenvalue weighted by Crippen LogP contribution is -2.10. The number of carbonyl (C=O) groups excluding carboxylic acids is 2. The lowest BCUT2D eigenvalue weighted by molar-refractivity contribution is -0.145. The Morgan fingerprint density at radius 1 is 0.880 bits per heavy atom. The zero-order valence-corrected chi connectivity index (χ0v) is 16.1. The van der Waals surface area contributed by atoms with Crippen LogP contribution in [0.2, 0.25) is 0 Å². The minimum atomic E-state index is -0.282. The minimum absolute atomic E-state index is 0.227. The van der Waals surface area contributed by atoms with Crippen LogP contribution in [0, 0.1) is 13.8 Å². The van der Waals surface area contributed by atoms with Crippen molar-refractivity contribution in [1.82, 2.24) is 9.97 Å². The van der Waals surface area contributed by atoms with Crippen molar-refractivity contribution in [2.45, 2.75) is 46.0 Å². The van der Waals surface area contributed by atoms with Gasteiger partial charge in [0.25, 0.3) is 0 Å². The molecule has 8 heteroatoms. The molecule has 0 N–H and O–H groups in total. The van der Waals surface area contributed by atoms with Crippen LogP contribution in [0.5, 0.6) is 0 Å². The molecule has 0 spiro atoms. The number of aromatic nitrogens is 2. The number of aryl methyl sites for hydroxylation is 2. The fraction of sp³-hybridized carbons (Fsp3) is 0.529. The molecular formula is C17H22N2O4S2. The average molecular weight is 383 g/mol. The maximum Gasteiger partial charge on any atom is 0.305 e. The monoisotopic (exact) mass is 382 g/mol. The SMILES string of the molecule is Cc1ncsc1CCOC(=O)CCCC(=O)OCCc1scnc1C. The van der Waals surface area contributed by atoms with E-state index in [-0.39, 0.29) is 24.8 Å². The molecule has 25 heavy (non-hydrogen) atoms. The number of ether oxygens (including phenoxy) is 2. The van der Waals surface area contributed by atoms with E-state index in [9.17, 15) is 9.59 Å². The molecule has 0 fully saturated rings. The zero-order valence-electron chi connectivity index (χ0n) is 14.4. The number of rotatable bonds is 10. The molecule has 2 rings (SSSR count). The van der Waals surface area contributed by atoms with Gasteiger partial charge in [-0.3, -0.25) is 9.59 Å². The second-order valence-corrected chi connectivity index (χ2v) is 7.40. The highest BCUT2D eigenvalue weighted by Gasteiger charge is 2.09. The summed E-state index contributed by atoms with van der Waals surface area (Å²) in [5, 5.41) is 0. The fourth-order valence-electron chi connectivity index (χ4n) is 2.17. The number of thiazole rings is 2. The Morgan fingerprint density at radius 3 is 1.68 bits per heavy atom. The van der Waals surface area contributed by atoms with E-state index in [1.54, 1.807) is 33.7 Å². The van der Waals surface area contributed by atoms with Crippen molar-refractivity contribution in [3.8, 4) is 0 Å². The number of carbonyl (C=O) groups is 2. The quantitative estimate of drug-likeness (QED) is 0.587. The molecule has 0 aliphatic heterocycles. The maximum atomic E-state index is 11.7. The van der Waals surface area contributed by atoms with Crippen molar-refractivity contribution in [1.29, 1.82) is 0 Å². The van der Waals surface area contributed by atoms with Gasteiger partial charge in [0.2, 0.25) is 0 Å². The summed E-state index contributed by atoms with van der Waals surface area (Å²) in [5.74, 6) is -0.564. The topological polar surface area (TPSA) is 78.4 Å². The van der Waals surface area contributed by atoms with E-state index in [1.807, 2.05) is 13.8 Å². The standard InChI is InChI=1S/C17H22N2O4S2/c1-12-14(24-10-18-12)6-8-22-16(20)4-3-5-17(21)23-9-7-15-13(2)19-11-25-15/h10-11H,3-9H2,1-2H3. The molecular weight excluding hydrogens is 360 g/mol. The van der Waals surface area contributed by atoms with Gasteiger partial charge in [0, 0.05) is 35.4 Å². The number of esters is 2. The van der Waals surface area contributed by atoms with Gasteiger partial charge in [-0.05, 0) is 20.3 Å². The number of nitrogens with zero attached hydrogens (tertiary/aromatic N) is 2. The highest BCUT2D eigenvalue weighted by Crippen LogP contribution is 2.14. The summed E-state index contributed by atoms with van der Waals surface area (Å²) in [7, 11) is 0. The molecule has 0 aliphatic rings. The van der Waals surface area contributed by atoms with Crippen LogP contribution in [0.3, 0.4) is 0 Å². The van der Waals surface area contributed by atoms with E-state index in [2.05, 4.69) is 9.97 Å². The molecule has 0 atom stereocenters. The van der Waals surface area contributed by atoms with E-state index in [4.69, 9.17) is 9.47 Å². The predicted molar refractivity (Wildman–Crippen MR) is 96.9 cm³/mol. The van der Waals surface area contributed by atoms with Gasteiger partial charge in [-0.25, -0.2) is 9.97 Å². The first kappa shape index (κ1) is 19.5. The van der Waals surface area contributed by atoms with Crippen LogP contribution in [0.25, 0.3) is 0 Å². The summed E-state index contributed by atoms with van der Waals surface area (Å²) < 4.78 is 10.4. The van der Waals surface area contributed by atoms with Gasteiger partial charge in [-0.2, -0.15) is 0 Å². The van der Waals surface area contributed by atoms with Gasteiger partial charge < -0.3 is 9.47 Å². The molecule has 0 radical (unpaired) electrons. The molecule has 0 unspecified atom stereocenters. The van der Waals surface area contributed by atoms with Gasteiger partial charge in [0.15, 0.2) is 0 Å². The highest BCUT2D eigenvalue weighted by molar-refractivity contribution is 7.10. The van der Waals surface area contributed by atoms with Crippen molar-refractivity contribution in [2.75, 3.05) is 13.2 Å². The molecule has 2 heterocycles. The molecule has 0 amide bonds. The van der Waals surface area contributed by atoms with Gasteiger partial charge in [0.1, 0.15) is 0 Å². The van der Waals surface area contributed by atoms with E-state index >= 15 is 0 Å². The number of hydrogen-bond donors (Lipinski definition) is 0. The molecule has 0 saturated heterocycles. The molecule has 0 aromatic carbocycles. The maximum absolute atomic E-state index is 11.7. The van der Waals surface area contributed by atoms with Crippen LogP contribution in [0.4, 0.5) is 0 Å². The first-order valence-corrected chi connectivity index (χ1v) is 9.91. The zero-order chi connectivity index (χ0) is 18.1. The summed E-state index contributed by atoms with van der Waals surface area (Å²) in [6, 6.07) is 0. The van der Waals surface area contributed by atoms with Crippen LogP contribution in [-0.2, 0) is 31.9 Å². The van der Waals surface area contributed by atoms with Gasteiger partial charge in [-0.15, -0.1) is 22.7 Å². The Bertz CT molecular complexity index is 638. The molecule has 0 bridgehead atoms. The molecule has 2 aromatic rings. The second kappa shape index (κ2) is 10.2. The summed E-state index contributed by atoms with van der Waals surface area (Å²) >= 11 is 3.13. The molecule has 0 aliphatic carbocycles. The van der Waals surface area contributed by atoms with E-state index < -0.39 is 0 Å².